The van der Waals surface area contributed by atoms with Gasteiger partial charge in [-0.1, -0.05) is 237 Å². The van der Waals surface area contributed by atoms with Crippen LogP contribution >= 0.6 is 0 Å². The van der Waals surface area contributed by atoms with E-state index in [0.717, 1.165) is 84.0 Å². The van der Waals surface area contributed by atoms with Gasteiger partial charge in [0.25, 0.3) is 0 Å². The van der Waals surface area contributed by atoms with Crippen LogP contribution < -0.4 is 0 Å². The van der Waals surface area contributed by atoms with Gasteiger partial charge in [-0.05, 0) is 241 Å². The Kier molecular flexibility index (Phi) is 19.1. The van der Waals surface area contributed by atoms with Crippen LogP contribution in [0.5, 0.6) is 0 Å². The number of hydrogen-bond acceptors (Lipinski definition) is 6. The lowest BCUT2D eigenvalue weighted by Crippen LogP contribution is -1.93. The molecule has 21 aromatic rings. The van der Waals surface area contributed by atoms with E-state index in [0.29, 0.717) is 16.8 Å². The normalized spacial score (nSPS) is 11.1. The average molecular weight is 1490 g/mol. The van der Waals surface area contributed by atoms with Crippen molar-refractivity contribution in [2.45, 2.75) is 0 Å². The molecule has 9 nitrogen and oxygen atoms in total. The van der Waals surface area contributed by atoms with E-state index in [9.17, 15) is 15.8 Å². The summed E-state index contributed by atoms with van der Waals surface area (Å²) < 4.78 is 7.04. The molecule has 117 heavy (non-hydrogen) atoms. The molecule has 6 heterocycles. The second kappa shape index (κ2) is 31.4. The smallest absolute Gasteiger partial charge is 0.141 e. The number of fused-ring (bicyclic) bond motifs is 9. The summed E-state index contributed by atoms with van der Waals surface area (Å²) in [6.45, 7) is 0. The zero-order valence-electron chi connectivity index (χ0n) is 63.4. The molecule has 6 aromatic heterocycles. The Hall–Kier alpha value is -16.4. The van der Waals surface area contributed by atoms with E-state index in [2.05, 4.69) is 405 Å². The molecule has 0 aliphatic rings. The number of nitrogens with zero attached hydrogens (tertiary/aromatic N) is 9. The zero-order chi connectivity index (χ0) is 78.5. The SMILES string of the molecule is N#Cc1cc(-c2cccc(-c3ccc4c(c3)c3cc(-c5ccccc5)ccc3n4-c3ccccc3)c2)ccn1.N#Cc1ccnc(-c2cccc(-c3ccc4c(c3)c3cc(-c5ccccc5)ccc3n4-c3ccccc3)c2)c1.N#Cc1cncc(-c2cccc(-c3ccc4c(c3)c3cc(-c5ccccc5)ccc3n4-c3ccccc3)c2)c1. The maximum atomic E-state index is 9.33. The molecule has 0 unspecified atom stereocenters. The molecule has 0 aliphatic heterocycles. The third-order valence-electron chi connectivity index (χ3n) is 21.8. The highest BCUT2D eigenvalue weighted by Crippen LogP contribution is 2.43. The van der Waals surface area contributed by atoms with E-state index in [1.165, 1.54) is 98.8 Å². The van der Waals surface area contributed by atoms with Crippen LogP contribution in [-0.4, -0.2) is 28.7 Å². The molecule has 0 atom stereocenters. The lowest BCUT2D eigenvalue weighted by molar-refractivity contribution is 1.18. The predicted molar refractivity (Wildman–Crippen MR) is 479 cm³/mol. The highest BCUT2D eigenvalue weighted by atomic mass is 15.0. The lowest BCUT2D eigenvalue weighted by Gasteiger charge is -2.09. The van der Waals surface area contributed by atoms with E-state index >= 15 is 0 Å². The van der Waals surface area contributed by atoms with Crippen molar-refractivity contribution in [3.8, 4) is 136 Å². The summed E-state index contributed by atoms with van der Waals surface area (Å²) in [6.07, 6.45) is 6.78. The molecule has 0 N–H and O–H groups in total. The van der Waals surface area contributed by atoms with Crippen molar-refractivity contribution < 1.29 is 0 Å². The Morgan fingerprint density at radius 1 is 0.197 bits per heavy atom. The summed E-state index contributed by atoms with van der Waals surface area (Å²) in [5.74, 6) is 0. The number of nitriles is 3. The maximum Gasteiger partial charge on any atom is 0.141 e. The van der Waals surface area contributed by atoms with Gasteiger partial charge in [0.15, 0.2) is 0 Å². The molecule has 15 aromatic carbocycles. The van der Waals surface area contributed by atoms with Gasteiger partial charge in [0.2, 0.25) is 0 Å². The second-order valence-electron chi connectivity index (χ2n) is 28.9. The molecule has 0 saturated carbocycles. The summed E-state index contributed by atoms with van der Waals surface area (Å²) >= 11 is 0. The highest BCUT2D eigenvalue weighted by molar-refractivity contribution is 6.14. The number of rotatable bonds is 12. The second-order valence-corrected chi connectivity index (χ2v) is 28.9. The summed E-state index contributed by atoms with van der Waals surface area (Å²) in [4.78, 5) is 12.9. The molecule has 9 heteroatoms. The fourth-order valence-corrected chi connectivity index (χ4v) is 16.2. The van der Waals surface area contributed by atoms with Gasteiger partial charge in [-0.25, -0.2) is 4.98 Å². The molecule has 546 valence electrons. The van der Waals surface area contributed by atoms with Gasteiger partial charge in [0.05, 0.1) is 56.0 Å². The Labute approximate surface area is 677 Å². The van der Waals surface area contributed by atoms with Crippen LogP contribution in [0.15, 0.2) is 419 Å². The van der Waals surface area contributed by atoms with Gasteiger partial charge < -0.3 is 13.7 Å². The van der Waals surface area contributed by atoms with Crippen molar-refractivity contribution in [2.24, 2.45) is 0 Å². The Bertz CT molecular complexity index is 6750. The minimum atomic E-state index is 0.419. The molecule has 0 radical (unpaired) electrons. The van der Waals surface area contributed by atoms with Crippen molar-refractivity contribution in [3.05, 3.63) is 436 Å². The summed E-state index contributed by atoms with van der Waals surface area (Å²) in [6, 6.07) is 145. The predicted octanol–water partition coefficient (Wildman–Crippen LogP) is 27.2. The summed E-state index contributed by atoms with van der Waals surface area (Å²) in [5, 5.41) is 35.2. The number of para-hydroxylation sites is 3. The molecule has 0 spiro atoms. The molecular formula is C108H69N9. The Morgan fingerprint density at radius 2 is 0.487 bits per heavy atom. The number of benzene rings is 15. The van der Waals surface area contributed by atoms with Gasteiger partial charge in [-0.2, -0.15) is 15.8 Å². The Balaban J connectivity index is 0.000000117. The van der Waals surface area contributed by atoms with E-state index in [-0.39, 0.29) is 0 Å². The highest BCUT2D eigenvalue weighted by Gasteiger charge is 2.20. The first kappa shape index (κ1) is 71.0. The van der Waals surface area contributed by atoms with Crippen molar-refractivity contribution in [1.29, 1.82) is 15.8 Å². The number of pyridine rings is 3. The molecule has 21 rings (SSSR count). The van der Waals surface area contributed by atoms with E-state index in [1.807, 2.05) is 36.5 Å². The topological polar surface area (TPSA) is 125 Å². The number of aromatic nitrogens is 6. The molecular weight excluding hydrogens is 1420 g/mol. The van der Waals surface area contributed by atoms with Crippen LogP contribution in [0.25, 0.3) is 183 Å². The first-order valence-corrected chi connectivity index (χ1v) is 38.8. The summed E-state index contributed by atoms with van der Waals surface area (Å²) in [7, 11) is 0. The van der Waals surface area contributed by atoms with E-state index < -0.39 is 0 Å². The standard InChI is InChI=1S/3C36H23N3/c37-22-25-18-31(24-38-23-25)28-11-7-10-27(19-28)30-15-17-36-34(21-30)33-20-29(26-8-3-1-4-9-26)14-16-35(33)39(36)32-12-5-2-6-13-32;37-24-25-18-19-38-34(20-25)30-11-7-10-27(21-30)29-15-17-36-33(23-29)32-22-28(26-8-3-1-4-9-26)14-16-35(32)39(36)31-12-5-2-6-13-31;37-24-31-21-30(18-19-38-31)27-11-7-10-26(20-27)29-15-17-36-34(23-29)33-22-28(25-8-3-1-4-9-25)14-16-35(33)39(36)32-12-5-2-6-13-32/h1-21,23-24H;2*1-23H. The van der Waals surface area contributed by atoms with Gasteiger partial charge in [0, 0.05) is 85.3 Å². The van der Waals surface area contributed by atoms with Crippen LogP contribution in [0.3, 0.4) is 0 Å². The van der Waals surface area contributed by atoms with Crippen molar-refractivity contribution >= 4 is 65.4 Å². The van der Waals surface area contributed by atoms with Gasteiger partial charge >= 0.3 is 0 Å². The van der Waals surface area contributed by atoms with Crippen LogP contribution in [0.2, 0.25) is 0 Å². The van der Waals surface area contributed by atoms with Crippen LogP contribution in [0, 0.1) is 34.0 Å². The first-order chi connectivity index (χ1) is 57.8. The minimum Gasteiger partial charge on any atom is -0.309 e. The van der Waals surface area contributed by atoms with Crippen LogP contribution in [0.4, 0.5) is 0 Å². The maximum absolute atomic E-state index is 9.33. The monoisotopic (exact) mass is 1490 g/mol. The largest absolute Gasteiger partial charge is 0.309 e. The minimum absolute atomic E-state index is 0.419. The molecule has 0 aliphatic carbocycles. The Morgan fingerprint density at radius 3 is 0.838 bits per heavy atom. The van der Waals surface area contributed by atoms with E-state index in [4.69, 9.17) is 0 Å². The third kappa shape index (κ3) is 14.1. The average Bonchev–Trinajstić information content (AvgIpc) is 1.60. The van der Waals surface area contributed by atoms with Crippen molar-refractivity contribution in [1.82, 2.24) is 28.7 Å². The van der Waals surface area contributed by atoms with Crippen molar-refractivity contribution in [2.75, 3.05) is 0 Å². The van der Waals surface area contributed by atoms with Gasteiger partial charge in [-0.15, -0.1) is 0 Å². The fraction of sp³-hybridized carbons (Fsp3) is 0. The summed E-state index contributed by atoms with van der Waals surface area (Å²) in [5.41, 5.74) is 31.9. The molecule has 0 amide bonds. The third-order valence-corrected chi connectivity index (χ3v) is 21.8. The molecule has 0 fully saturated rings. The molecule has 0 bridgehead atoms. The quantitative estimate of drug-likeness (QED) is 0.120. The fourth-order valence-electron chi connectivity index (χ4n) is 16.2. The first-order valence-electron chi connectivity index (χ1n) is 38.8. The lowest BCUT2D eigenvalue weighted by atomic mass is 9.97. The van der Waals surface area contributed by atoms with Gasteiger partial charge in [0.1, 0.15) is 17.8 Å². The van der Waals surface area contributed by atoms with Crippen molar-refractivity contribution in [3.63, 3.8) is 0 Å². The molecule has 0 saturated heterocycles. The number of hydrogen-bond donors (Lipinski definition) is 0. The van der Waals surface area contributed by atoms with Crippen LogP contribution in [-0.2, 0) is 0 Å². The van der Waals surface area contributed by atoms with Crippen LogP contribution in [0.1, 0.15) is 16.8 Å². The zero-order valence-corrected chi connectivity index (χ0v) is 63.4. The van der Waals surface area contributed by atoms with E-state index in [1.54, 1.807) is 24.7 Å². The van der Waals surface area contributed by atoms with Gasteiger partial charge in [-0.3, -0.25) is 9.97 Å².